The Labute approximate surface area is 190 Å². The van der Waals surface area contributed by atoms with Gasteiger partial charge in [0.25, 0.3) is 0 Å². The Morgan fingerprint density at radius 2 is 0.700 bits per heavy atom. The summed E-state index contributed by atoms with van der Waals surface area (Å²) in [6.45, 7) is 9.45. The Kier molecular flexibility index (Phi) is 18.5. The number of rotatable bonds is 22. The predicted molar refractivity (Wildman–Crippen MR) is 136 cm³/mol. The fourth-order valence-electron chi connectivity index (χ4n) is 4.70. The molecular formula is C28H56N2. The van der Waals surface area contributed by atoms with E-state index in [0.717, 1.165) is 0 Å². The topological polar surface area (TPSA) is 6.48 Å². The van der Waals surface area contributed by atoms with Crippen molar-refractivity contribution >= 4 is 0 Å². The van der Waals surface area contributed by atoms with Gasteiger partial charge in [-0.05, 0) is 19.8 Å². The zero-order valence-electron chi connectivity index (χ0n) is 21.2. The van der Waals surface area contributed by atoms with Gasteiger partial charge in [0, 0.05) is 25.5 Å². The van der Waals surface area contributed by atoms with Gasteiger partial charge in [-0.15, -0.1) is 0 Å². The fraction of sp³-hybridized carbons (Fsp3) is 0.929. The highest BCUT2D eigenvalue weighted by molar-refractivity contribution is 4.95. The summed E-state index contributed by atoms with van der Waals surface area (Å²) < 4.78 is 0. The van der Waals surface area contributed by atoms with Crippen molar-refractivity contribution in [1.29, 1.82) is 0 Å². The maximum atomic E-state index is 2.55. The molecule has 0 aromatic rings. The van der Waals surface area contributed by atoms with Gasteiger partial charge in [-0.2, -0.15) is 0 Å². The molecule has 30 heavy (non-hydrogen) atoms. The van der Waals surface area contributed by atoms with Crippen LogP contribution in [0.15, 0.2) is 12.4 Å². The van der Waals surface area contributed by atoms with Crippen molar-refractivity contribution < 1.29 is 0 Å². The average molecular weight is 421 g/mol. The third kappa shape index (κ3) is 14.4. The molecule has 0 fully saturated rings. The first-order valence-electron chi connectivity index (χ1n) is 14.0. The predicted octanol–water partition coefficient (Wildman–Crippen LogP) is 9.26. The number of unbranched alkanes of at least 4 members (excludes halogenated alkanes) is 18. The highest BCUT2D eigenvalue weighted by Crippen LogP contribution is 2.18. The van der Waals surface area contributed by atoms with E-state index in [1.54, 1.807) is 0 Å². The lowest BCUT2D eigenvalue weighted by atomic mass is 10.0. The van der Waals surface area contributed by atoms with Gasteiger partial charge < -0.3 is 9.80 Å². The van der Waals surface area contributed by atoms with Crippen molar-refractivity contribution in [2.45, 2.75) is 155 Å². The van der Waals surface area contributed by atoms with Crippen LogP contribution in [0.4, 0.5) is 0 Å². The lowest BCUT2D eigenvalue weighted by molar-refractivity contribution is 0.165. The first kappa shape index (κ1) is 27.4. The van der Waals surface area contributed by atoms with Crippen molar-refractivity contribution in [2.24, 2.45) is 0 Å². The molecule has 0 N–H and O–H groups in total. The van der Waals surface area contributed by atoms with Crippen molar-refractivity contribution in [3.63, 3.8) is 0 Å². The summed E-state index contributed by atoms with van der Waals surface area (Å²) in [7, 11) is 0. The Morgan fingerprint density at radius 1 is 0.433 bits per heavy atom. The average Bonchev–Trinajstić information content (AvgIpc) is 3.10. The van der Waals surface area contributed by atoms with E-state index in [-0.39, 0.29) is 0 Å². The first-order chi connectivity index (χ1) is 14.8. The zero-order valence-corrected chi connectivity index (χ0v) is 21.2. The van der Waals surface area contributed by atoms with Gasteiger partial charge >= 0.3 is 0 Å². The summed E-state index contributed by atoms with van der Waals surface area (Å²) in [6, 6.07) is 0. The molecule has 0 amide bonds. The maximum absolute atomic E-state index is 2.55. The van der Waals surface area contributed by atoms with Crippen LogP contribution in [0.2, 0.25) is 0 Å². The fourth-order valence-corrected chi connectivity index (χ4v) is 4.70. The molecule has 2 heteroatoms. The van der Waals surface area contributed by atoms with Gasteiger partial charge in [0.05, 0.1) is 6.17 Å². The second-order valence-corrected chi connectivity index (χ2v) is 9.77. The van der Waals surface area contributed by atoms with Crippen LogP contribution in [-0.4, -0.2) is 29.1 Å². The molecule has 0 aliphatic carbocycles. The molecule has 0 aromatic heterocycles. The monoisotopic (exact) mass is 420 g/mol. The largest absolute Gasteiger partial charge is 0.356 e. The molecule has 1 unspecified atom stereocenters. The van der Waals surface area contributed by atoms with E-state index in [2.05, 4.69) is 43.0 Å². The van der Waals surface area contributed by atoms with Crippen LogP contribution in [0.1, 0.15) is 149 Å². The summed E-state index contributed by atoms with van der Waals surface area (Å²) >= 11 is 0. The molecule has 0 bridgehead atoms. The molecule has 1 atom stereocenters. The van der Waals surface area contributed by atoms with E-state index in [4.69, 9.17) is 0 Å². The molecule has 178 valence electrons. The Hall–Kier alpha value is -0.660. The first-order valence-corrected chi connectivity index (χ1v) is 14.0. The van der Waals surface area contributed by atoms with Crippen LogP contribution in [-0.2, 0) is 0 Å². The van der Waals surface area contributed by atoms with Crippen molar-refractivity contribution in [2.75, 3.05) is 13.1 Å². The highest BCUT2D eigenvalue weighted by Gasteiger charge is 2.20. The maximum Gasteiger partial charge on any atom is 0.0977 e. The molecule has 1 aliphatic rings. The normalized spacial score (nSPS) is 16.2. The van der Waals surface area contributed by atoms with E-state index < -0.39 is 0 Å². The quantitative estimate of drug-likeness (QED) is 0.161. The smallest absolute Gasteiger partial charge is 0.0977 e. The third-order valence-corrected chi connectivity index (χ3v) is 6.95. The lowest BCUT2D eigenvalue weighted by Crippen LogP contribution is -2.36. The minimum absolute atomic E-state index is 0.572. The van der Waals surface area contributed by atoms with Gasteiger partial charge in [0.2, 0.25) is 0 Å². The summed E-state index contributed by atoms with van der Waals surface area (Å²) in [5.41, 5.74) is 0. The highest BCUT2D eigenvalue weighted by atomic mass is 15.4. The lowest BCUT2D eigenvalue weighted by Gasteiger charge is -2.30. The second kappa shape index (κ2) is 20.3. The molecule has 0 radical (unpaired) electrons. The summed E-state index contributed by atoms with van der Waals surface area (Å²) in [5, 5.41) is 0. The molecule has 0 saturated carbocycles. The molecule has 0 aromatic carbocycles. The van der Waals surface area contributed by atoms with Crippen molar-refractivity contribution in [1.82, 2.24) is 9.80 Å². The minimum atomic E-state index is 0.572. The Balaban J connectivity index is 1.85. The van der Waals surface area contributed by atoms with Crippen molar-refractivity contribution in [3.05, 3.63) is 12.4 Å². The van der Waals surface area contributed by atoms with Crippen LogP contribution in [0.3, 0.4) is 0 Å². The van der Waals surface area contributed by atoms with Gasteiger partial charge in [-0.1, -0.05) is 129 Å². The molecule has 1 aliphatic heterocycles. The van der Waals surface area contributed by atoms with Crippen LogP contribution in [0.5, 0.6) is 0 Å². The van der Waals surface area contributed by atoms with Crippen LogP contribution in [0, 0.1) is 0 Å². The van der Waals surface area contributed by atoms with Crippen LogP contribution < -0.4 is 0 Å². The third-order valence-electron chi connectivity index (χ3n) is 6.95. The number of hydrogen-bond acceptors (Lipinski definition) is 2. The van der Waals surface area contributed by atoms with Gasteiger partial charge in [-0.3, -0.25) is 0 Å². The molecule has 0 saturated heterocycles. The van der Waals surface area contributed by atoms with Crippen molar-refractivity contribution in [3.8, 4) is 0 Å². The number of nitrogens with zero attached hydrogens (tertiary/aromatic N) is 2. The molecule has 1 heterocycles. The molecular weight excluding hydrogens is 364 g/mol. The second-order valence-electron chi connectivity index (χ2n) is 9.77. The summed E-state index contributed by atoms with van der Waals surface area (Å²) in [4.78, 5) is 5.10. The summed E-state index contributed by atoms with van der Waals surface area (Å²) in [6.07, 6.45) is 33.8. The van der Waals surface area contributed by atoms with Gasteiger partial charge in [-0.25, -0.2) is 0 Å². The van der Waals surface area contributed by atoms with E-state index in [9.17, 15) is 0 Å². The van der Waals surface area contributed by atoms with Crippen LogP contribution >= 0.6 is 0 Å². The van der Waals surface area contributed by atoms with Gasteiger partial charge in [0.15, 0.2) is 0 Å². The molecule has 1 rings (SSSR count). The van der Waals surface area contributed by atoms with Crippen LogP contribution in [0.25, 0.3) is 0 Å². The van der Waals surface area contributed by atoms with Gasteiger partial charge in [0.1, 0.15) is 0 Å². The minimum Gasteiger partial charge on any atom is -0.356 e. The molecule has 2 nitrogen and oxygen atoms in total. The van der Waals surface area contributed by atoms with E-state index in [0.29, 0.717) is 6.17 Å². The SMILES string of the molecule is CCCCCCCCCCCCCCCCN1C=CN(CCCCCCCC)C1C. The van der Waals surface area contributed by atoms with E-state index >= 15 is 0 Å². The standard InChI is InChI=1S/C28H56N2/c1-4-6-8-10-12-13-14-15-16-17-18-19-21-23-25-30-27-26-29(28(30)3)24-22-20-11-9-7-5-2/h26-28H,4-25H2,1-3H3. The zero-order chi connectivity index (χ0) is 21.7. The molecule has 0 spiro atoms. The Morgan fingerprint density at radius 3 is 1.00 bits per heavy atom. The van der Waals surface area contributed by atoms with E-state index in [1.165, 1.54) is 142 Å². The summed E-state index contributed by atoms with van der Waals surface area (Å²) in [5.74, 6) is 0. The Bertz CT molecular complexity index is 379. The van der Waals surface area contributed by atoms with E-state index in [1.807, 2.05) is 0 Å². The number of hydrogen-bond donors (Lipinski definition) is 0.